The number of esters is 1. The van der Waals surface area contributed by atoms with E-state index >= 15 is 0 Å². The fourth-order valence-electron chi connectivity index (χ4n) is 7.69. The van der Waals surface area contributed by atoms with Crippen molar-refractivity contribution in [3.63, 3.8) is 0 Å². The van der Waals surface area contributed by atoms with E-state index in [1.807, 2.05) is 13.8 Å². The number of likely N-dealkylation sites (tertiary alicyclic amines) is 1. The largest absolute Gasteiger partial charge is 0.482 e. The van der Waals surface area contributed by atoms with E-state index < -0.39 is 41.6 Å². The summed E-state index contributed by atoms with van der Waals surface area (Å²) in [5.41, 5.74) is 0.694. The number of rotatable bonds is 9. The number of fused-ring (bicyclic) bond motifs is 9. The molecule has 3 heterocycles. The number of benzene rings is 1. The lowest BCUT2D eigenvalue weighted by Crippen LogP contribution is -2.47. The second-order valence-electron chi connectivity index (χ2n) is 11.8. The predicted molar refractivity (Wildman–Crippen MR) is 155 cm³/mol. The van der Waals surface area contributed by atoms with Gasteiger partial charge in [-0.15, -0.1) is 11.8 Å². The number of H-pyrrole nitrogens is 1. The molecule has 2 aliphatic carbocycles. The Morgan fingerprint density at radius 1 is 1.17 bits per heavy atom. The van der Waals surface area contributed by atoms with Crippen LogP contribution in [0.1, 0.15) is 50.0 Å². The first kappa shape index (κ1) is 29.3. The number of carbonyl (C=O) groups is 4. The molecule has 42 heavy (non-hydrogen) atoms. The topological polar surface area (TPSA) is 143 Å². The van der Waals surface area contributed by atoms with Gasteiger partial charge in [-0.2, -0.15) is 0 Å². The molecule has 13 heteroatoms. The molecule has 1 aromatic heterocycles. The van der Waals surface area contributed by atoms with Gasteiger partial charge in [-0.1, -0.05) is 36.8 Å². The highest BCUT2D eigenvalue weighted by atomic mass is 35.5. The van der Waals surface area contributed by atoms with E-state index in [0.717, 1.165) is 21.1 Å². The lowest BCUT2D eigenvalue weighted by Gasteiger charge is -2.43. The number of thioether (sulfide) groups is 1. The second-order valence-corrected chi connectivity index (χ2v) is 14.4. The molecule has 224 valence electrons. The standard InChI is InChI=1S/C29H31ClN2O8S2/c1-4-39-18(33)10-40-17-6-5-12(30)8-13(17)19-20-14-9-15(23(20)41-25-24(19)42-29(38)31-25)22-21(14)26(34)32(27(22)35)16(28(36)37)7-11(2)3/h5-6,8,11,14-16,19-23H,4,7,9-10H2,1-3H3,(H,31,38)(H,36,37)/t14?,15?,16?,19-,20?,21?,22?,23?/m1/s1. The number of imide groups is 1. The van der Waals surface area contributed by atoms with Crippen LogP contribution in [-0.2, 0) is 23.9 Å². The van der Waals surface area contributed by atoms with Gasteiger partial charge in [-0.3, -0.25) is 19.3 Å². The minimum absolute atomic E-state index is 0.0185. The van der Waals surface area contributed by atoms with Gasteiger partial charge in [-0.25, -0.2) is 9.59 Å². The van der Waals surface area contributed by atoms with Crippen LogP contribution in [0.2, 0.25) is 5.02 Å². The van der Waals surface area contributed by atoms with Gasteiger partial charge in [0.15, 0.2) is 6.61 Å². The summed E-state index contributed by atoms with van der Waals surface area (Å²) < 4.78 is 11.0. The molecule has 4 aliphatic rings. The third-order valence-corrected chi connectivity index (χ3v) is 11.8. The number of carboxylic acid groups (broad SMARTS) is 1. The zero-order chi connectivity index (χ0) is 30.0. The van der Waals surface area contributed by atoms with Gasteiger partial charge in [0.2, 0.25) is 11.8 Å². The second kappa shape index (κ2) is 11.0. The van der Waals surface area contributed by atoms with E-state index in [1.54, 1.807) is 25.1 Å². The number of nitrogens with one attached hydrogen (secondary N) is 1. The number of carboxylic acids is 1. The minimum atomic E-state index is -1.20. The Morgan fingerprint density at radius 3 is 2.55 bits per heavy atom. The van der Waals surface area contributed by atoms with Crippen LogP contribution in [0.3, 0.4) is 0 Å². The summed E-state index contributed by atoms with van der Waals surface area (Å²) in [5.74, 6) is -4.21. The minimum Gasteiger partial charge on any atom is -0.482 e. The van der Waals surface area contributed by atoms with Crippen LogP contribution in [0.15, 0.2) is 28.0 Å². The lowest BCUT2D eigenvalue weighted by atomic mass is 9.68. The van der Waals surface area contributed by atoms with Gasteiger partial charge in [0.05, 0.1) is 23.5 Å². The molecule has 3 fully saturated rings. The molecular weight excluding hydrogens is 604 g/mol. The van der Waals surface area contributed by atoms with Crippen molar-refractivity contribution in [1.82, 2.24) is 9.88 Å². The fourth-order valence-corrected chi connectivity index (χ4v) is 10.8. The third-order valence-electron chi connectivity index (χ3n) is 9.01. The molecule has 2 N–H and O–H groups in total. The molecule has 1 saturated heterocycles. The molecule has 2 aromatic rings. The van der Waals surface area contributed by atoms with Crippen LogP contribution < -0.4 is 9.61 Å². The summed E-state index contributed by atoms with van der Waals surface area (Å²) in [6.45, 7) is 5.36. The Balaban J connectivity index is 1.41. The Hall–Kier alpha value is -2.83. The number of aliphatic carboxylic acids is 1. The van der Waals surface area contributed by atoms with Crippen molar-refractivity contribution in [1.29, 1.82) is 0 Å². The molecule has 7 unspecified atom stereocenters. The van der Waals surface area contributed by atoms with Gasteiger partial charge in [0.1, 0.15) is 11.8 Å². The summed E-state index contributed by atoms with van der Waals surface area (Å²) in [6, 6.07) is 3.92. The number of aromatic amines is 1. The van der Waals surface area contributed by atoms with Crippen molar-refractivity contribution >= 4 is 58.5 Å². The molecule has 1 aromatic carbocycles. The van der Waals surface area contributed by atoms with Crippen LogP contribution >= 0.6 is 34.7 Å². The molecule has 10 nitrogen and oxygen atoms in total. The first-order valence-electron chi connectivity index (χ1n) is 14.1. The number of thiazole rings is 1. The highest BCUT2D eigenvalue weighted by Gasteiger charge is 2.70. The third kappa shape index (κ3) is 4.66. The van der Waals surface area contributed by atoms with E-state index in [1.165, 1.54) is 11.8 Å². The summed E-state index contributed by atoms with van der Waals surface area (Å²) in [4.78, 5) is 69.2. The number of nitrogens with zero attached hydrogens (tertiary/aromatic N) is 1. The van der Waals surface area contributed by atoms with E-state index in [4.69, 9.17) is 21.1 Å². The van der Waals surface area contributed by atoms with E-state index in [9.17, 15) is 29.1 Å². The number of ether oxygens (including phenoxy) is 2. The predicted octanol–water partition coefficient (Wildman–Crippen LogP) is 4.00. The van der Waals surface area contributed by atoms with Gasteiger partial charge in [0.25, 0.3) is 0 Å². The lowest BCUT2D eigenvalue weighted by molar-refractivity contribution is -0.156. The molecule has 2 bridgehead atoms. The number of carbonyl (C=O) groups excluding carboxylic acids is 3. The quantitative estimate of drug-likeness (QED) is 0.309. The highest BCUT2D eigenvalue weighted by molar-refractivity contribution is 8.00. The van der Waals surface area contributed by atoms with Crippen LogP contribution in [0, 0.1) is 35.5 Å². The van der Waals surface area contributed by atoms with Crippen molar-refractivity contribution in [2.24, 2.45) is 35.5 Å². The number of halogens is 1. The van der Waals surface area contributed by atoms with Crippen LogP contribution in [0.4, 0.5) is 0 Å². The summed E-state index contributed by atoms with van der Waals surface area (Å²) >= 11 is 9.11. The monoisotopic (exact) mass is 634 g/mol. The molecule has 2 saturated carbocycles. The maximum atomic E-state index is 13.9. The van der Waals surface area contributed by atoms with Crippen molar-refractivity contribution < 1.29 is 33.8 Å². The van der Waals surface area contributed by atoms with Crippen molar-refractivity contribution in [3.05, 3.63) is 43.3 Å². The Kier molecular flexibility index (Phi) is 7.68. The van der Waals surface area contributed by atoms with E-state index in [-0.39, 0.29) is 59.3 Å². The first-order valence-corrected chi connectivity index (χ1v) is 16.2. The number of aromatic nitrogens is 1. The molecular formula is C29H31ClN2O8S2. The summed E-state index contributed by atoms with van der Waals surface area (Å²) in [6.07, 6.45) is 0.841. The normalized spacial score (nSPS) is 29.8. The summed E-state index contributed by atoms with van der Waals surface area (Å²) in [5, 5.41) is 11.0. The summed E-state index contributed by atoms with van der Waals surface area (Å²) in [7, 11) is 0. The first-order chi connectivity index (χ1) is 20.0. The van der Waals surface area contributed by atoms with Crippen LogP contribution in [0.5, 0.6) is 5.75 Å². The molecule has 8 atom stereocenters. The SMILES string of the molecule is CCOC(=O)COc1ccc(Cl)cc1[C@H]1c2sc(=O)[nH]c2SC2C3CC(C4C(=O)N(C(CC(C)C)C(=O)O)C(=O)C34)C21. The fraction of sp³-hybridized carbons (Fsp3) is 0.552. The maximum Gasteiger partial charge on any atom is 0.344 e. The van der Waals surface area contributed by atoms with E-state index in [2.05, 4.69) is 4.98 Å². The van der Waals surface area contributed by atoms with E-state index in [0.29, 0.717) is 27.8 Å². The van der Waals surface area contributed by atoms with Crippen molar-refractivity contribution in [3.8, 4) is 5.75 Å². The Labute approximate surface area is 255 Å². The van der Waals surface area contributed by atoms with Crippen molar-refractivity contribution in [2.45, 2.75) is 55.8 Å². The smallest absolute Gasteiger partial charge is 0.344 e. The molecule has 0 spiro atoms. The Morgan fingerprint density at radius 2 is 1.88 bits per heavy atom. The number of hydrogen-bond donors (Lipinski definition) is 2. The number of hydrogen-bond acceptors (Lipinski definition) is 9. The highest BCUT2D eigenvalue weighted by Crippen LogP contribution is 2.69. The maximum absolute atomic E-state index is 13.9. The van der Waals surface area contributed by atoms with Crippen LogP contribution in [0.25, 0.3) is 0 Å². The average molecular weight is 635 g/mol. The number of amides is 2. The van der Waals surface area contributed by atoms with Crippen molar-refractivity contribution in [2.75, 3.05) is 13.2 Å². The van der Waals surface area contributed by atoms with Gasteiger partial charge in [-0.05, 0) is 61.6 Å². The Bertz CT molecular complexity index is 1520. The molecule has 0 radical (unpaired) electrons. The molecule has 6 rings (SSSR count). The molecule has 2 amide bonds. The average Bonchev–Trinajstić information content (AvgIpc) is 3.65. The van der Waals surface area contributed by atoms with Crippen LogP contribution in [-0.4, -0.2) is 63.2 Å². The van der Waals surface area contributed by atoms with Gasteiger partial charge >= 0.3 is 16.8 Å². The van der Waals surface area contributed by atoms with Gasteiger partial charge < -0.3 is 19.6 Å². The molecule has 2 aliphatic heterocycles. The zero-order valence-electron chi connectivity index (χ0n) is 23.2. The zero-order valence-corrected chi connectivity index (χ0v) is 25.6. The van der Waals surface area contributed by atoms with Gasteiger partial charge in [0, 0.05) is 26.6 Å².